The number of nitrogens with one attached hydrogen (secondary N) is 1. The standard InChI is InChI=1S/C18H21NO6/c1-3-4-5-12-8-17(23)25-18-11(2)14(7-6-13(12)18)24-10-15(20)19-9-16(21)22/h6-8H,3-5,9-10H2,1-2H3,(H,19,20)(H,21,22)/p-1. The fourth-order valence-electron chi connectivity index (χ4n) is 2.50. The van der Waals surface area contributed by atoms with Crippen molar-refractivity contribution in [3.8, 4) is 5.75 Å². The van der Waals surface area contributed by atoms with Crippen molar-refractivity contribution in [3.05, 3.63) is 39.7 Å². The Morgan fingerprint density at radius 1 is 1.32 bits per heavy atom. The first kappa shape index (κ1) is 18.5. The quantitative estimate of drug-likeness (QED) is 0.705. The van der Waals surface area contributed by atoms with Crippen molar-refractivity contribution in [1.29, 1.82) is 0 Å². The first-order valence-corrected chi connectivity index (χ1v) is 8.08. The molecule has 1 N–H and O–H groups in total. The van der Waals surface area contributed by atoms with Gasteiger partial charge in [-0.1, -0.05) is 13.3 Å². The molecule has 0 unspecified atom stereocenters. The number of aryl methyl sites for hydroxylation is 2. The minimum Gasteiger partial charge on any atom is -0.548 e. The van der Waals surface area contributed by atoms with Crippen LogP contribution in [-0.4, -0.2) is 25.0 Å². The van der Waals surface area contributed by atoms with Gasteiger partial charge in [0.1, 0.15) is 11.3 Å². The number of amides is 1. The van der Waals surface area contributed by atoms with E-state index >= 15 is 0 Å². The van der Waals surface area contributed by atoms with Crippen molar-refractivity contribution < 1.29 is 23.8 Å². The predicted molar refractivity (Wildman–Crippen MR) is 89.3 cm³/mol. The minimum atomic E-state index is -1.38. The first-order chi connectivity index (χ1) is 11.9. The smallest absolute Gasteiger partial charge is 0.336 e. The van der Waals surface area contributed by atoms with Crippen LogP contribution < -0.4 is 20.8 Å². The number of fused-ring (bicyclic) bond motifs is 1. The van der Waals surface area contributed by atoms with Crippen molar-refractivity contribution in [1.82, 2.24) is 5.32 Å². The summed E-state index contributed by atoms with van der Waals surface area (Å²) >= 11 is 0. The summed E-state index contributed by atoms with van der Waals surface area (Å²) in [5.74, 6) is -1.56. The maximum Gasteiger partial charge on any atom is 0.336 e. The Morgan fingerprint density at radius 3 is 2.76 bits per heavy atom. The van der Waals surface area contributed by atoms with E-state index in [9.17, 15) is 19.5 Å². The highest BCUT2D eigenvalue weighted by Gasteiger charge is 2.13. The summed E-state index contributed by atoms with van der Waals surface area (Å²) in [6, 6.07) is 5.01. The molecule has 0 atom stereocenters. The van der Waals surface area contributed by atoms with Crippen molar-refractivity contribution in [2.45, 2.75) is 33.1 Å². The number of carbonyl (C=O) groups excluding carboxylic acids is 2. The van der Waals surface area contributed by atoms with Gasteiger partial charge >= 0.3 is 5.63 Å². The van der Waals surface area contributed by atoms with Crippen LogP contribution in [0, 0.1) is 6.92 Å². The maximum atomic E-state index is 11.8. The van der Waals surface area contributed by atoms with Crippen LogP contribution in [0.1, 0.15) is 30.9 Å². The lowest BCUT2D eigenvalue weighted by atomic mass is 10.0. The van der Waals surface area contributed by atoms with Gasteiger partial charge in [-0.25, -0.2) is 4.79 Å². The summed E-state index contributed by atoms with van der Waals surface area (Å²) in [5, 5.41) is 13.3. The molecule has 1 heterocycles. The highest BCUT2D eigenvalue weighted by Crippen LogP contribution is 2.29. The first-order valence-electron chi connectivity index (χ1n) is 8.08. The number of rotatable bonds is 8. The van der Waals surface area contributed by atoms with Crippen LogP contribution in [0.4, 0.5) is 0 Å². The van der Waals surface area contributed by atoms with Crippen LogP contribution in [0.3, 0.4) is 0 Å². The summed E-state index contributed by atoms with van der Waals surface area (Å²) < 4.78 is 10.7. The van der Waals surface area contributed by atoms with Crippen LogP contribution in [0.15, 0.2) is 27.4 Å². The van der Waals surface area contributed by atoms with Crippen molar-refractivity contribution >= 4 is 22.8 Å². The highest BCUT2D eigenvalue weighted by molar-refractivity contribution is 5.85. The maximum absolute atomic E-state index is 11.8. The lowest BCUT2D eigenvalue weighted by molar-refractivity contribution is -0.304. The van der Waals surface area contributed by atoms with E-state index in [4.69, 9.17) is 9.15 Å². The lowest BCUT2D eigenvalue weighted by Crippen LogP contribution is -2.39. The third-order valence-corrected chi connectivity index (χ3v) is 3.79. The van der Waals surface area contributed by atoms with E-state index in [2.05, 4.69) is 12.2 Å². The average Bonchev–Trinajstić information content (AvgIpc) is 2.57. The molecule has 0 aliphatic heterocycles. The van der Waals surface area contributed by atoms with Gasteiger partial charge in [-0.3, -0.25) is 4.79 Å². The molecule has 1 aromatic heterocycles. The normalized spacial score (nSPS) is 10.6. The third kappa shape index (κ3) is 4.82. The van der Waals surface area contributed by atoms with Crippen LogP contribution in [0.2, 0.25) is 0 Å². The van der Waals surface area contributed by atoms with Gasteiger partial charge in [0.05, 0.1) is 12.5 Å². The highest BCUT2D eigenvalue weighted by atomic mass is 16.5. The number of aliphatic carboxylic acids is 1. The van der Waals surface area contributed by atoms with Crippen LogP contribution in [0.5, 0.6) is 5.75 Å². The molecule has 1 amide bonds. The number of carbonyl (C=O) groups is 2. The minimum absolute atomic E-state index is 0.348. The molecule has 25 heavy (non-hydrogen) atoms. The summed E-state index contributed by atoms with van der Waals surface area (Å²) in [4.78, 5) is 33.6. The SMILES string of the molecule is CCCCc1cc(=O)oc2c(C)c(OCC(=O)NCC(=O)[O-])ccc12. The molecule has 0 spiro atoms. The van der Waals surface area contributed by atoms with Gasteiger partial charge in [-0.15, -0.1) is 0 Å². The Labute approximate surface area is 144 Å². The molecule has 0 bridgehead atoms. The van der Waals surface area contributed by atoms with Gasteiger partial charge < -0.3 is 24.4 Å². The largest absolute Gasteiger partial charge is 0.548 e. The Balaban J connectivity index is 2.22. The zero-order valence-electron chi connectivity index (χ0n) is 14.2. The number of benzene rings is 1. The second kappa shape index (κ2) is 8.32. The Morgan fingerprint density at radius 2 is 2.08 bits per heavy atom. The molecular weight excluding hydrogens is 326 g/mol. The van der Waals surface area contributed by atoms with Gasteiger partial charge in [-0.2, -0.15) is 0 Å². The topological polar surface area (TPSA) is 109 Å². The molecule has 0 aliphatic carbocycles. The van der Waals surface area contributed by atoms with E-state index in [0.717, 1.165) is 30.2 Å². The second-order valence-electron chi connectivity index (χ2n) is 5.70. The number of hydrogen-bond acceptors (Lipinski definition) is 6. The van der Waals surface area contributed by atoms with E-state index in [1.807, 2.05) is 0 Å². The van der Waals surface area contributed by atoms with Crippen LogP contribution in [0.25, 0.3) is 11.0 Å². The van der Waals surface area contributed by atoms with E-state index in [1.54, 1.807) is 19.1 Å². The molecule has 134 valence electrons. The molecular formula is C18H20NO6-. The Bertz CT molecular complexity index is 839. The zero-order chi connectivity index (χ0) is 18.4. The van der Waals surface area contributed by atoms with Crippen LogP contribution >= 0.6 is 0 Å². The van der Waals surface area contributed by atoms with E-state index < -0.39 is 24.0 Å². The molecule has 0 saturated heterocycles. The molecule has 2 aromatic rings. The summed E-state index contributed by atoms with van der Waals surface area (Å²) in [5.41, 5.74) is 1.55. The van der Waals surface area contributed by atoms with Gasteiger partial charge in [0.15, 0.2) is 6.61 Å². The van der Waals surface area contributed by atoms with Crippen LogP contribution in [-0.2, 0) is 16.0 Å². The monoisotopic (exact) mass is 346 g/mol. The van der Waals surface area contributed by atoms with E-state index in [0.29, 0.717) is 16.9 Å². The van der Waals surface area contributed by atoms with Gasteiger partial charge in [-0.05, 0) is 37.5 Å². The van der Waals surface area contributed by atoms with Gasteiger partial charge in [0, 0.05) is 17.0 Å². The lowest BCUT2D eigenvalue weighted by Gasteiger charge is -2.12. The molecule has 1 aromatic carbocycles. The van der Waals surface area contributed by atoms with Crippen molar-refractivity contribution in [3.63, 3.8) is 0 Å². The molecule has 0 aliphatic rings. The predicted octanol–water partition coefficient (Wildman–Crippen LogP) is 0.689. The number of carboxylic acids is 1. The van der Waals surface area contributed by atoms with E-state index in [-0.39, 0.29) is 6.61 Å². The van der Waals surface area contributed by atoms with Gasteiger partial charge in [0.2, 0.25) is 0 Å². The zero-order valence-corrected chi connectivity index (χ0v) is 14.2. The number of ether oxygens (including phenoxy) is 1. The molecule has 0 fully saturated rings. The van der Waals surface area contributed by atoms with Gasteiger partial charge in [0.25, 0.3) is 5.91 Å². The fraction of sp³-hybridized carbons (Fsp3) is 0.389. The average molecular weight is 346 g/mol. The number of hydrogen-bond donors (Lipinski definition) is 1. The molecule has 7 nitrogen and oxygen atoms in total. The van der Waals surface area contributed by atoms with Crippen molar-refractivity contribution in [2.24, 2.45) is 0 Å². The summed E-state index contributed by atoms with van der Waals surface area (Å²) in [6.07, 6.45) is 2.77. The fourth-order valence-corrected chi connectivity index (χ4v) is 2.50. The molecule has 2 rings (SSSR count). The molecule has 7 heteroatoms. The third-order valence-electron chi connectivity index (χ3n) is 3.79. The molecule has 0 radical (unpaired) electrons. The van der Waals surface area contributed by atoms with E-state index in [1.165, 1.54) is 6.07 Å². The van der Waals surface area contributed by atoms with Crippen molar-refractivity contribution in [2.75, 3.05) is 13.2 Å². The Kier molecular flexibility index (Phi) is 6.16. The summed E-state index contributed by atoms with van der Waals surface area (Å²) in [7, 11) is 0. The Hall–Kier alpha value is -2.83. The molecule has 0 saturated carbocycles. The summed E-state index contributed by atoms with van der Waals surface area (Å²) in [6.45, 7) is 2.90. The number of carboxylic acid groups (broad SMARTS) is 1. The second-order valence-corrected chi connectivity index (χ2v) is 5.70. The number of unbranched alkanes of at least 4 members (excludes halogenated alkanes) is 1.